The van der Waals surface area contributed by atoms with Crippen LogP contribution in [0.25, 0.3) is 0 Å². The Hall–Kier alpha value is -0.530. The van der Waals surface area contributed by atoms with Crippen molar-refractivity contribution in [3.05, 3.63) is 0 Å². The van der Waals surface area contributed by atoms with E-state index in [0.717, 1.165) is 12.8 Å². The lowest BCUT2D eigenvalue weighted by Gasteiger charge is -2.29. The fraction of sp³-hybridized carbons (Fsp3) is 0.941. The summed E-state index contributed by atoms with van der Waals surface area (Å²) in [6, 6.07) is 0.351. The molecule has 0 aromatic carbocycles. The first-order valence-electron chi connectivity index (χ1n) is 7.82. The van der Waals surface area contributed by atoms with Crippen LogP contribution in [0.2, 0.25) is 0 Å². The lowest BCUT2D eigenvalue weighted by molar-refractivity contribution is -0.133. The molecule has 1 amide bonds. The minimum atomic E-state index is 0.299. The molecule has 0 rings (SSSR count). The van der Waals surface area contributed by atoms with Crippen LogP contribution < -0.4 is 0 Å². The van der Waals surface area contributed by atoms with Crippen LogP contribution >= 0.6 is 0 Å². The van der Waals surface area contributed by atoms with Gasteiger partial charge in [0, 0.05) is 19.5 Å². The van der Waals surface area contributed by atoms with Crippen molar-refractivity contribution < 1.29 is 4.79 Å². The van der Waals surface area contributed by atoms with E-state index in [1.807, 2.05) is 11.9 Å². The zero-order valence-electron chi connectivity index (χ0n) is 14.4. The molecule has 0 aliphatic rings. The summed E-state index contributed by atoms with van der Waals surface area (Å²) in [5, 5.41) is 0. The minimum Gasteiger partial charge on any atom is -0.343 e. The molecular formula is C17H35NO. The summed E-state index contributed by atoms with van der Waals surface area (Å²) in [6.45, 7) is 15.5. The van der Waals surface area contributed by atoms with E-state index < -0.39 is 0 Å². The summed E-state index contributed by atoms with van der Waals surface area (Å²) in [7, 11) is 1.96. The van der Waals surface area contributed by atoms with E-state index in [2.05, 4.69) is 48.5 Å². The molecule has 2 unspecified atom stereocenters. The van der Waals surface area contributed by atoms with Gasteiger partial charge in [-0.3, -0.25) is 4.79 Å². The Morgan fingerprint density at radius 3 is 2.05 bits per heavy atom. The van der Waals surface area contributed by atoms with Crippen LogP contribution in [-0.2, 0) is 4.79 Å². The van der Waals surface area contributed by atoms with Crippen LogP contribution in [0.3, 0.4) is 0 Å². The Balaban J connectivity index is 4.26. The molecule has 19 heavy (non-hydrogen) atoms. The van der Waals surface area contributed by atoms with Crippen molar-refractivity contribution in [1.29, 1.82) is 0 Å². The smallest absolute Gasteiger partial charge is 0.222 e. The van der Waals surface area contributed by atoms with Crippen molar-refractivity contribution >= 4 is 5.91 Å². The van der Waals surface area contributed by atoms with E-state index in [4.69, 9.17) is 0 Å². The second kappa shape index (κ2) is 7.91. The molecule has 0 radical (unpaired) electrons. The maximum atomic E-state index is 12.3. The Morgan fingerprint density at radius 2 is 1.63 bits per heavy atom. The van der Waals surface area contributed by atoms with Crippen LogP contribution in [0.15, 0.2) is 0 Å². The monoisotopic (exact) mass is 269 g/mol. The van der Waals surface area contributed by atoms with E-state index in [0.29, 0.717) is 35.6 Å². The third-order valence-corrected chi connectivity index (χ3v) is 3.98. The lowest BCUT2D eigenvalue weighted by Crippen LogP contribution is -2.37. The lowest BCUT2D eigenvalue weighted by atomic mass is 9.84. The second-order valence-corrected chi connectivity index (χ2v) is 7.68. The maximum absolute atomic E-state index is 12.3. The van der Waals surface area contributed by atoms with Gasteiger partial charge in [-0.05, 0) is 37.0 Å². The quantitative estimate of drug-likeness (QED) is 0.654. The molecule has 0 saturated heterocycles. The van der Waals surface area contributed by atoms with Crippen LogP contribution in [0, 0.1) is 17.3 Å². The summed E-state index contributed by atoms with van der Waals surface area (Å²) in [5.41, 5.74) is 0.306. The molecule has 0 aliphatic carbocycles. The molecule has 0 aromatic rings. The minimum absolute atomic E-state index is 0.299. The number of nitrogens with zero attached hydrogens (tertiary/aromatic N) is 1. The third kappa shape index (κ3) is 8.28. The molecule has 3 atom stereocenters. The number of hydrogen-bond acceptors (Lipinski definition) is 1. The molecule has 0 heterocycles. The Morgan fingerprint density at radius 1 is 1.11 bits per heavy atom. The third-order valence-electron chi connectivity index (χ3n) is 3.98. The maximum Gasteiger partial charge on any atom is 0.222 e. The molecule has 0 fully saturated rings. The van der Waals surface area contributed by atoms with Gasteiger partial charge in [0.15, 0.2) is 0 Å². The summed E-state index contributed by atoms with van der Waals surface area (Å²) in [6.07, 6.45) is 4.07. The van der Waals surface area contributed by atoms with Gasteiger partial charge in [0.05, 0.1) is 0 Å². The average Bonchev–Trinajstić information content (AvgIpc) is 2.24. The van der Waals surface area contributed by atoms with Crippen LogP contribution in [0.5, 0.6) is 0 Å². The molecule has 0 aliphatic heterocycles. The molecule has 114 valence electrons. The van der Waals surface area contributed by atoms with Gasteiger partial charge in [-0.1, -0.05) is 48.0 Å². The van der Waals surface area contributed by atoms with E-state index in [9.17, 15) is 4.79 Å². The fourth-order valence-corrected chi connectivity index (χ4v) is 2.71. The summed E-state index contributed by atoms with van der Waals surface area (Å²) in [5.74, 6) is 1.45. The Bertz CT molecular complexity index is 267. The van der Waals surface area contributed by atoms with E-state index in [-0.39, 0.29) is 0 Å². The number of hydrogen-bond donors (Lipinski definition) is 0. The van der Waals surface area contributed by atoms with Crippen molar-refractivity contribution in [2.24, 2.45) is 17.3 Å². The predicted molar refractivity (Wildman–Crippen MR) is 84.2 cm³/mol. The number of rotatable bonds is 7. The van der Waals surface area contributed by atoms with E-state index >= 15 is 0 Å². The standard InChI is InChI=1S/C17H35NO/c1-9-13(2)10-15(4)18(8)16(19)11-14(3)12-17(5,6)7/h13-15H,9-12H2,1-8H3/t13-,14?,15?/m0/s1. The zero-order chi connectivity index (χ0) is 15.2. The van der Waals surface area contributed by atoms with Crippen molar-refractivity contribution in [3.63, 3.8) is 0 Å². The molecule has 0 N–H and O–H groups in total. The van der Waals surface area contributed by atoms with Gasteiger partial charge in [-0.15, -0.1) is 0 Å². The Kier molecular flexibility index (Phi) is 7.69. The van der Waals surface area contributed by atoms with Crippen LogP contribution in [0.4, 0.5) is 0 Å². The highest BCUT2D eigenvalue weighted by atomic mass is 16.2. The highest BCUT2D eigenvalue weighted by Gasteiger charge is 2.22. The average molecular weight is 269 g/mol. The number of carbonyl (C=O) groups is 1. The van der Waals surface area contributed by atoms with Gasteiger partial charge in [-0.2, -0.15) is 0 Å². The molecule has 0 saturated carbocycles. The van der Waals surface area contributed by atoms with Gasteiger partial charge in [-0.25, -0.2) is 0 Å². The number of amides is 1. The van der Waals surface area contributed by atoms with E-state index in [1.165, 1.54) is 6.42 Å². The van der Waals surface area contributed by atoms with Gasteiger partial charge in [0.2, 0.25) is 5.91 Å². The molecule has 0 spiro atoms. The molecule has 0 bridgehead atoms. The highest BCUT2D eigenvalue weighted by Crippen LogP contribution is 2.26. The summed E-state index contributed by atoms with van der Waals surface area (Å²) < 4.78 is 0. The topological polar surface area (TPSA) is 20.3 Å². The van der Waals surface area contributed by atoms with Crippen molar-refractivity contribution in [2.75, 3.05) is 7.05 Å². The van der Waals surface area contributed by atoms with Crippen molar-refractivity contribution in [1.82, 2.24) is 4.90 Å². The Labute approximate surface area is 120 Å². The van der Waals surface area contributed by atoms with Crippen LogP contribution in [0.1, 0.15) is 74.1 Å². The fourth-order valence-electron chi connectivity index (χ4n) is 2.71. The normalized spacial score (nSPS) is 16.8. The first-order chi connectivity index (χ1) is 8.56. The first-order valence-corrected chi connectivity index (χ1v) is 7.82. The van der Waals surface area contributed by atoms with Gasteiger partial charge >= 0.3 is 0 Å². The van der Waals surface area contributed by atoms with Gasteiger partial charge in [0.1, 0.15) is 0 Å². The SMILES string of the molecule is CC[C@H](C)CC(C)N(C)C(=O)CC(C)CC(C)(C)C. The molecular weight excluding hydrogens is 234 g/mol. The summed E-state index contributed by atoms with van der Waals surface area (Å²) >= 11 is 0. The van der Waals surface area contributed by atoms with Gasteiger partial charge < -0.3 is 4.90 Å². The zero-order valence-corrected chi connectivity index (χ0v) is 14.4. The molecule has 0 aromatic heterocycles. The van der Waals surface area contributed by atoms with Gasteiger partial charge in [0.25, 0.3) is 0 Å². The van der Waals surface area contributed by atoms with Crippen molar-refractivity contribution in [2.45, 2.75) is 80.2 Å². The van der Waals surface area contributed by atoms with Crippen molar-refractivity contribution in [3.8, 4) is 0 Å². The highest BCUT2D eigenvalue weighted by molar-refractivity contribution is 5.76. The molecule has 2 heteroatoms. The first kappa shape index (κ1) is 18.5. The molecule has 2 nitrogen and oxygen atoms in total. The van der Waals surface area contributed by atoms with Crippen LogP contribution in [-0.4, -0.2) is 23.9 Å². The van der Waals surface area contributed by atoms with E-state index in [1.54, 1.807) is 0 Å². The predicted octanol–water partition coefficient (Wildman–Crippen LogP) is 4.73. The number of carbonyl (C=O) groups excluding carboxylic acids is 1. The second-order valence-electron chi connectivity index (χ2n) is 7.68. The largest absolute Gasteiger partial charge is 0.343 e. The summed E-state index contributed by atoms with van der Waals surface area (Å²) in [4.78, 5) is 14.2.